The van der Waals surface area contributed by atoms with Gasteiger partial charge in [-0.05, 0) is 104 Å². The first-order valence-electron chi connectivity index (χ1n) is 14.0. The van der Waals surface area contributed by atoms with E-state index in [9.17, 15) is 24.9 Å². The minimum atomic E-state index is -0.840. The van der Waals surface area contributed by atoms with E-state index in [0.717, 1.165) is 44.9 Å². The van der Waals surface area contributed by atoms with Crippen LogP contribution in [0, 0.1) is 46.3 Å². The molecular weight excluding hydrogens is 446 g/mol. The molecule has 0 aromatic rings. The normalized spacial score (nSPS) is 45.7. The number of hydrogen-bond acceptors (Lipinski definition) is 5. The van der Waals surface area contributed by atoms with Gasteiger partial charge in [0.2, 0.25) is 5.91 Å². The smallest absolute Gasteiger partial charge is 0.303 e. The molecule has 1 amide bonds. The van der Waals surface area contributed by atoms with Crippen molar-refractivity contribution in [3.8, 4) is 0 Å². The zero-order valence-corrected chi connectivity index (χ0v) is 21.8. The molecule has 7 heteroatoms. The molecule has 11 atom stereocenters. The molecule has 0 saturated heterocycles. The monoisotopic (exact) mass is 493 g/mol. The molecule has 4 rings (SSSR count). The number of rotatable bonds is 8. The third-order valence-electron chi connectivity index (χ3n) is 11.2. The maximum Gasteiger partial charge on any atom is 0.303 e. The number of carboxylic acid groups (broad SMARTS) is 1. The lowest BCUT2D eigenvalue weighted by atomic mass is 9.43. The predicted octanol–water partition coefficient (Wildman–Crippen LogP) is 3.35. The van der Waals surface area contributed by atoms with Crippen molar-refractivity contribution in [2.75, 3.05) is 6.54 Å². The molecule has 0 radical (unpaired) electrons. The Hall–Kier alpha value is -1.18. The van der Waals surface area contributed by atoms with Crippen LogP contribution in [0.25, 0.3) is 0 Å². The second kappa shape index (κ2) is 10.3. The molecule has 0 heterocycles. The number of aliphatic carboxylic acids is 1. The average molecular weight is 494 g/mol. The standard InChI is InChI=1S/C28H47NO6/c1-16(6-9-22(31)29-14-4-5-23(32)33)18-7-8-19-24-20(11-13-27(18,19)2)28(3)12-10-17(30)15-21(28)25(34)26(24)35/h16-21,24-26,30,34-35H,4-15H2,1-3H3,(H,29,31)(H,32,33)/t16-,17-,18-,19+,20+,21+,24+,25+,26-,27-,28-/m0/s1. The number of aliphatic hydroxyl groups excluding tert-OH is 3. The molecule has 0 aromatic heterocycles. The van der Waals surface area contributed by atoms with Crippen molar-refractivity contribution in [1.82, 2.24) is 5.32 Å². The van der Waals surface area contributed by atoms with E-state index < -0.39 is 18.2 Å². The van der Waals surface area contributed by atoms with Crippen molar-refractivity contribution in [2.24, 2.45) is 46.3 Å². The largest absolute Gasteiger partial charge is 0.481 e. The van der Waals surface area contributed by atoms with Gasteiger partial charge in [0, 0.05) is 19.4 Å². The first kappa shape index (κ1) is 26.9. The maximum atomic E-state index is 12.3. The zero-order chi connectivity index (χ0) is 25.5. The number of nitrogens with one attached hydrogen (secondary N) is 1. The number of amides is 1. The van der Waals surface area contributed by atoms with E-state index in [0.29, 0.717) is 49.5 Å². The summed E-state index contributed by atoms with van der Waals surface area (Å²) in [4.78, 5) is 22.9. The highest BCUT2D eigenvalue weighted by molar-refractivity contribution is 5.75. The van der Waals surface area contributed by atoms with Gasteiger partial charge in [-0.1, -0.05) is 20.8 Å². The predicted molar refractivity (Wildman–Crippen MR) is 132 cm³/mol. The number of hydrogen-bond donors (Lipinski definition) is 5. The number of fused-ring (bicyclic) bond motifs is 5. The quantitative estimate of drug-likeness (QED) is 0.330. The van der Waals surface area contributed by atoms with Gasteiger partial charge in [-0.3, -0.25) is 9.59 Å². The molecule has 4 fully saturated rings. The third kappa shape index (κ3) is 4.89. The van der Waals surface area contributed by atoms with Crippen LogP contribution in [0.4, 0.5) is 0 Å². The van der Waals surface area contributed by atoms with E-state index in [1.165, 1.54) is 0 Å². The highest BCUT2D eigenvalue weighted by Crippen LogP contribution is 2.68. The summed E-state index contributed by atoms with van der Waals surface area (Å²) >= 11 is 0. The number of aliphatic hydroxyl groups is 3. The summed E-state index contributed by atoms with van der Waals surface area (Å²) < 4.78 is 0. The summed E-state index contributed by atoms with van der Waals surface area (Å²) in [6.07, 6.45) is 6.62. The van der Waals surface area contributed by atoms with Gasteiger partial charge in [0.25, 0.3) is 0 Å². The molecule has 4 aliphatic rings. The minimum Gasteiger partial charge on any atom is -0.481 e. The number of carbonyl (C=O) groups excluding carboxylic acids is 1. The van der Waals surface area contributed by atoms with Crippen molar-refractivity contribution in [3.63, 3.8) is 0 Å². The van der Waals surface area contributed by atoms with E-state index in [1.54, 1.807) is 0 Å². The van der Waals surface area contributed by atoms with Gasteiger partial charge in [-0.15, -0.1) is 0 Å². The van der Waals surface area contributed by atoms with E-state index in [4.69, 9.17) is 5.11 Å². The van der Waals surface area contributed by atoms with Crippen LogP contribution >= 0.6 is 0 Å². The number of carbonyl (C=O) groups is 2. The molecule has 0 spiro atoms. The van der Waals surface area contributed by atoms with Crippen LogP contribution in [-0.2, 0) is 9.59 Å². The van der Waals surface area contributed by atoms with Crippen molar-refractivity contribution in [2.45, 2.75) is 110 Å². The molecule has 0 bridgehead atoms. The number of carboxylic acids is 1. The van der Waals surface area contributed by atoms with E-state index >= 15 is 0 Å². The topological polar surface area (TPSA) is 127 Å². The fraction of sp³-hybridized carbons (Fsp3) is 0.929. The lowest BCUT2D eigenvalue weighted by Gasteiger charge is -2.63. The fourth-order valence-corrected chi connectivity index (χ4v) is 9.33. The van der Waals surface area contributed by atoms with Crippen LogP contribution < -0.4 is 5.32 Å². The third-order valence-corrected chi connectivity index (χ3v) is 11.2. The summed E-state index contributed by atoms with van der Waals surface area (Å²) in [5, 5.41) is 44.4. The Balaban J connectivity index is 1.40. The average Bonchev–Trinajstić information content (AvgIpc) is 3.16. The summed E-state index contributed by atoms with van der Waals surface area (Å²) in [7, 11) is 0. The van der Waals surface area contributed by atoms with Crippen molar-refractivity contribution in [1.29, 1.82) is 0 Å². The zero-order valence-electron chi connectivity index (χ0n) is 21.8. The lowest BCUT2D eigenvalue weighted by molar-refractivity contribution is -0.223. The van der Waals surface area contributed by atoms with Crippen LogP contribution in [0.1, 0.15) is 91.4 Å². The van der Waals surface area contributed by atoms with Gasteiger partial charge < -0.3 is 25.7 Å². The van der Waals surface area contributed by atoms with E-state index in [-0.39, 0.29) is 41.1 Å². The lowest BCUT2D eigenvalue weighted by Crippen LogP contribution is -2.64. The minimum absolute atomic E-state index is 0.00470. The molecule has 5 N–H and O–H groups in total. The molecule has 0 unspecified atom stereocenters. The molecule has 0 aliphatic heterocycles. The summed E-state index contributed by atoms with van der Waals surface area (Å²) in [6.45, 7) is 7.37. The van der Waals surface area contributed by atoms with Gasteiger partial charge in [0.05, 0.1) is 18.3 Å². The molecule has 200 valence electrons. The van der Waals surface area contributed by atoms with Crippen LogP contribution in [0.3, 0.4) is 0 Å². The van der Waals surface area contributed by atoms with Crippen LogP contribution in [0.5, 0.6) is 0 Å². The molecule has 35 heavy (non-hydrogen) atoms. The van der Waals surface area contributed by atoms with E-state index in [2.05, 4.69) is 26.1 Å². The Labute approximate surface area is 210 Å². The first-order chi connectivity index (χ1) is 16.5. The Morgan fingerprint density at radius 3 is 2.31 bits per heavy atom. The Kier molecular flexibility index (Phi) is 7.90. The second-order valence-corrected chi connectivity index (χ2v) is 12.9. The molecule has 7 nitrogen and oxygen atoms in total. The van der Waals surface area contributed by atoms with Crippen LogP contribution in [-0.4, -0.2) is 57.2 Å². The van der Waals surface area contributed by atoms with Gasteiger partial charge in [-0.2, -0.15) is 0 Å². The highest BCUT2D eigenvalue weighted by atomic mass is 16.4. The molecule has 0 aromatic carbocycles. The Morgan fingerprint density at radius 1 is 0.914 bits per heavy atom. The van der Waals surface area contributed by atoms with Gasteiger partial charge >= 0.3 is 5.97 Å². The van der Waals surface area contributed by atoms with Crippen LogP contribution in [0.2, 0.25) is 0 Å². The Bertz CT molecular complexity index is 789. The summed E-state index contributed by atoms with van der Waals surface area (Å²) in [5.74, 6) is 0.895. The summed E-state index contributed by atoms with van der Waals surface area (Å²) in [6, 6.07) is 0. The molecule has 4 saturated carbocycles. The van der Waals surface area contributed by atoms with Crippen LogP contribution in [0.15, 0.2) is 0 Å². The maximum absolute atomic E-state index is 12.3. The van der Waals surface area contributed by atoms with Crippen molar-refractivity contribution in [3.05, 3.63) is 0 Å². The van der Waals surface area contributed by atoms with Crippen molar-refractivity contribution < 1.29 is 30.0 Å². The van der Waals surface area contributed by atoms with Gasteiger partial charge in [0.1, 0.15) is 0 Å². The molecule has 4 aliphatic carbocycles. The first-order valence-corrected chi connectivity index (χ1v) is 14.0. The second-order valence-electron chi connectivity index (χ2n) is 12.9. The van der Waals surface area contributed by atoms with Gasteiger partial charge in [-0.25, -0.2) is 0 Å². The SMILES string of the molecule is C[C@@H](CCC(=O)NCCCC(=O)O)[C@@H]1CC[C@@H]2[C@H]3[C@H](O)[C@H](O)[C@H]4C[C@@H](O)CC[C@@]4(C)[C@@H]3CC[C@]21C. The fourth-order valence-electron chi connectivity index (χ4n) is 9.33. The van der Waals surface area contributed by atoms with E-state index in [1.807, 2.05) is 0 Å². The highest BCUT2D eigenvalue weighted by Gasteiger charge is 2.65. The summed E-state index contributed by atoms with van der Waals surface area (Å²) in [5.41, 5.74) is 0.0862. The molecular formula is C28H47NO6. The van der Waals surface area contributed by atoms with Crippen molar-refractivity contribution >= 4 is 11.9 Å². The Morgan fingerprint density at radius 2 is 1.60 bits per heavy atom. The van der Waals surface area contributed by atoms with Gasteiger partial charge in [0.15, 0.2) is 0 Å².